The highest BCUT2D eigenvalue weighted by molar-refractivity contribution is 7.87. The second-order valence-corrected chi connectivity index (χ2v) is 7.60. The summed E-state index contributed by atoms with van der Waals surface area (Å²) in [6.07, 6.45) is 8.94. The minimum absolute atomic E-state index is 0.191. The Labute approximate surface area is 117 Å². The lowest BCUT2D eigenvalue weighted by Crippen LogP contribution is -2.45. The van der Waals surface area contributed by atoms with Crippen molar-refractivity contribution in [2.24, 2.45) is 0 Å². The molecule has 0 aromatic heterocycles. The zero-order valence-electron chi connectivity index (χ0n) is 11.9. The van der Waals surface area contributed by atoms with E-state index in [1.807, 2.05) is 0 Å². The van der Waals surface area contributed by atoms with E-state index in [0.717, 1.165) is 38.6 Å². The predicted octanol–water partition coefficient (Wildman–Crippen LogP) is 1.23. The molecule has 19 heavy (non-hydrogen) atoms. The van der Waals surface area contributed by atoms with Crippen molar-refractivity contribution in [1.82, 2.24) is 14.3 Å². The zero-order valence-corrected chi connectivity index (χ0v) is 12.7. The molecule has 0 aliphatic heterocycles. The maximum absolute atomic E-state index is 12.1. The first-order valence-electron chi connectivity index (χ1n) is 7.55. The second kappa shape index (κ2) is 7.02. The van der Waals surface area contributed by atoms with Gasteiger partial charge in [0.05, 0.1) is 0 Å². The number of hydrogen-bond acceptors (Lipinski definition) is 3. The summed E-state index contributed by atoms with van der Waals surface area (Å²) >= 11 is 0. The van der Waals surface area contributed by atoms with Gasteiger partial charge in [0.1, 0.15) is 0 Å². The molecule has 112 valence electrons. The maximum atomic E-state index is 12.1. The maximum Gasteiger partial charge on any atom is 0.279 e. The molecular formula is C13H27N3O2S. The molecule has 2 aliphatic rings. The monoisotopic (exact) mass is 289 g/mol. The molecule has 6 heteroatoms. The fourth-order valence-electron chi connectivity index (χ4n) is 2.63. The normalized spacial score (nSPS) is 22.0. The Morgan fingerprint density at radius 2 is 1.74 bits per heavy atom. The molecule has 0 bridgehead atoms. The van der Waals surface area contributed by atoms with E-state index in [1.54, 1.807) is 11.4 Å². The fourth-order valence-corrected chi connectivity index (χ4v) is 3.84. The number of hydrogen-bond donors (Lipinski definition) is 2. The minimum Gasteiger partial charge on any atom is -0.314 e. The Morgan fingerprint density at radius 1 is 1.05 bits per heavy atom. The topological polar surface area (TPSA) is 61.4 Å². The smallest absolute Gasteiger partial charge is 0.279 e. The van der Waals surface area contributed by atoms with Crippen LogP contribution in [0.25, 0.3) is 0 Å². The van der Waals surface area contributed by atoms with Gasteiger partial charge in [0, 0.05) is 25.7 Å². The van der Waals surface area contributed by atoms with Crippen LogP contribution in [0.1, 0.15) is 51.4 Å². The lowest BCUT2D eigenvalue weighted by atomic mass is 9.96. The third-order valence-corrected chi connectivity index (χ3v) is 5.74. The highest BCUT2D eigenvalue weighted by atomic mass is 32.2. The first-order valence-corrected chi connectivity index (χ1v) is 8.99. The molecule has 0 spiro atoms. The molecule has 2 saturated carbocycles. The molecule has 2 rings (SSSR count). The van der Waals surface area contributed by atoms with E-state index in [4.69, 9.17) is 0 Å². The van der Waals surface area contributed by atoms with Crippen molar-refractivity contribution in [3.63, 3.8) is 0 Å². The Bertz CT molecular complexity index is 362. The molecule has 0 aromatic carbocycles. The van der Waals surface area contributed by atoms with Gasteiger partial charge in [-0.05, 0) is 38.6 Å². The van der Waals surface area contributed by atoms with Crippen LogP contribution in [0.15, 0.2) is 0 Å². The SMILES string of the molecule is CN(C1CCCCC1)S(=O)(=O)NCCCNC1CC1. The lowest BCUT2D eigenvalue weighted by molar-refractivity contribution is 0.283. The molecule has 2 aliphatic carbocycles. The molecule has 0 saturated heterocycles. The lowest BCUT2D eigenvalue weighted by Gasteiger charge is -2.30. The van der Waals surface area contributed by atoms with Crippen molar-refractivity contribution in [2.45, 2.75) is 63.5 Å². The van der Waals surface area contributed by atoms with Crippen LogP contribution in [0.3, 0.4) is 0 Å². The summed E-state index contributed by atoms with van der Waals surface area (Å²) in [5.74, 6) is 0. The first kappa shape index (κ1) is 15.2. The Morgan fingerprint density at radius 3 is 2.37 bits per heavy atom. The molecule has 0 aromatic rings. The van der Waals surface area contributed by atoms with Gasteiger partial charge in [0.15, 0.2) is 0 Å². The van der Waals surface area contributed by atoms with Crippen LogP contribution in [0.5, 0.6) is 0 Å². The summed E-state index contributed by atoms with van der Waals surface area (Å²) in [4.78, 5) is 0. The molecule has 0 radical (unpaired) electrons. The summed E-state index contributed by atoms with van der Waals surface area (Å²) in [6, 6.07) is 0.886. The van der Waals surface area contributed by atoms with E-state index in [2.05, 4.69) is 10.0 Å². The molecule has 2 fully saturated rings. The highest BCUT2D eigenvalue weighted by Crippen LogP contribution is 2.23. The van der Waals surface area contributed by atoms with E-state index >= 15 is 0 Å². The summed E-state index contributed by atoms with van der Waals surface area (Å²) in [5, 5.41) is 3.39. The van der Waals surface area contributed by atoms with Crippen molar-refractivity contribution in [2.75, 3.05) is 20.1 Å². The van der Waals surface area contributed by atoms with Gasteiger partial charge in [-0.3, -0.25) is 0 Å². The molecule has 2 N–H and O–H groups in total. The van der Waals surface area contributed by atoms with Crippen molar-refractivity contribution >= 4 is 10.2 Å². The van der Waals surface area contributed by atoms with E-state index < -0.39 is 10.2 Å². The zero-order chi connectivity index (χ0) is 13.7. The molecular weight excluding hydrogens is 262 g/mol. The number of nitrogens with one attached hydrogen (secondary N) is 2. The van der Waals surface area contributed by atoms with Crippen LogP contribution in [0, 0.1) is 0 Å². The van der Waals surface area contributed by atoms with Gasteiger partial charge < -0.3 is 5.32 Å². The average Bonchev–Trinajstić information content (AvgIpc) is 3.22. The highest BCUT2D eigenvalue weighted by Gasteiger charge is 2.27. The largest absolute Gasteiger partial charge is 0.314 e. The molecule has 5 nitrogen and oxygen atoms in total. The molecule has 0 heterocycles. The summed E-state index contributed by atoms with van der Waals surface area (Å²) in [6.45, 7) is 1.43. The van der Waals surface area contributed by atoms with E-state index in [9.17, 15) is 8.42 Å². The molecule has 0 atom stereocenters. The summed E-state index contributed by atoms with van der Waals surface area (Å²) < 4.78 is 28.5. The Hall–Kier alpha value is -0.170. The van der Waals surface area contributed by atoms with Crippen molar-refractivity contribution in [3.8, 4) is 0 Å². The van der Waals surface area contributed by atoms with E-state index in [-0.39, 0.29) is 6.04 Å². The number of nitrogens with zero attached hydrogens (tertiary/aromatic N) is 1. The van der Waals surface area contributed by atoms with Gasteiger partial charge in [-0.1, -0.05) is 19.3 Å². The van der Waals surface area contributed by atoms with E-state index in [1.165, 1.54) is 19.3 Å². The van der Waals surface area contributed by atoms with Crippen LogP contribution in [-0.2, 0) is 10.2 Å². The van der Waals surface area contributed by atoms with Crippen LogP contribution in [-0.4, -0.2) is 44.9 Å². The fraction of sp³-hybridized carbons (Fsp3) is 1.00. The quantitative estimate of drug-likeness (QED) is 0.661. The van der Waals surface area contributed by atoms with Gasteiger partial charge >= 0.3 is 0 Å². The van der Waals surface area contributed by atoms with Crippen LogP contribution in [0.2, 0.25) is 0 Å². The third kappa shape index (κ3) is 5.02. The summed E-state index contributed by atoms with van der Waals surface area (Å²) in [7, 11) is -1.58. The van der Waals surface area contributed by atoms with Gasteiger partial charge in [0.25, 0.3) is 10.2 Å². The average molecular weight is 289 g/mol. The van der Waals surface area contributed by atoms with Crippen LogP contribution >= 0.6 is 0 Å². The second-order valence-electron chi connectivity index (χ2n) is 5.79. The predicted molar refractivity (Wildman–Crippen MR) is 77.2 cm³/mol. The van der Waals surface area contributed by atoms with Crippen molar-refractivity contribution in [3.05, 3.63) is 0 Å². The van der Waals surface area contributed by atoms with Gasteiger partial charge in [-0.15, -0.1) is 0 Å². The molecule has 0 amide bonds. The first-order chi connectivity index (χ1) is 9.09. The van der Waals surface area contributed by atoms with Gasteiger partial charge in [0.2, 0.25) is 0 Å². The van der Waals surface area contributed by atoms with Crippen LogP contribution < -0.4 is 10.0 Å². The molecule has 0 unspecified atom stereocenters. The van der Waals surface area contributed by atoms with Gasteiger partial charge in [-0.25, -0.2) is 4.72 Å². The summed E-state index contributed by atoms with van der Waals surface area (Å²) in [5.41, 5.74) is 0. The Kier molecular flexibility index (Phi) is 5.62. The van der Waals surface area contributed by atoms with Crippen molar-refractivity contribution in [1.29, 1.82) is 0 Å². The van der Waals surface area contributed by atoms with Gasteiger partial charge in [-0.2, -0.15) is 12.7 Å². The van der Waals surface area contributed by atoms with Crippen molar-refractivity contribution < 1.29 is 8.42 Å². The third-order valence-electron chi connectivity index (χ3n) is 4.12. The van der Waals surface area contributed by atoms with Crippen LogP contribution in [0.4, 0.5) is 0 Å². The van der Waals surface area contributed by atoms with E-state index in [0.29, 0.717) is 12.6 Å². The standard InChI is InChI=1S/C13H27N3O2S/c1-16(13-6-3-2-4-7-13)19(17,18)15-11-5-10-14-12-8-9-12/h12-15H,2-11H2,1H3. The number of rotatable bonds is 8. The Balaban J connectivity index is 1.66. The minimum atomic E-state index is -3.29.